The van der Waals surface area contributed by atoms with Gasteiger partial charge >= 0.3 is 0 Å². The van der Waals surface area contributed by atoms with Gasteiger partial charge in [0.15, 0.2) is 0 Å². The summed E-state index contributed by atoms with van der Waals surface area (Å²) in [5.74, 6) is 0.443. The van der Waals surface area contributed by atoms with Crippen molar-refractivity contribution in [3.63, 3.8) is 0 Å². The predicted octanol–water partition coefficient (Wildman–Crippen LogP) is 1.02. The molecule has 3 aromatic rings. The lowest BCUT2D eigenvalue weighted by atomic mass is 9.64. The number of nitrogens with zero attached hydrogens (tertiary/aromatic N) is 6. The van der Waals surface area contributed by atoms with E-state index >= 15 is 0 Å². The number of hydrogen-bond acceptors (Lipinski definition) is 6. The molecule has 32 heavy (non-hydrogen) atoms. The summed E-state index contributed by atoms with van der Waals surface area (Å²) >= 11 is 0. The van der Waals surface area contributed by atoms with E-state index in [1.807, 2.05) is 24.3 Å². The van der Waals surface area contributed by atoms with E-state index in [1.54, 1.807) is 11.0 Å². The van der Waals surface area contributed by atoms with Crippen LogP contribution in [-0.4, -0.2) is 81.2 Å². The fourth-order valence-electron chi connectivity index (χ4n) is 5.99. The van der Waals surface area contributed by atoms with E-state index in [-0.39, 0.29) is 17.4 Å². The second-order valence-electron chi connectivity index (χ2n) is 9.41. The smallest absolute Gasteiger partial charge is 0.251 e. The van der Waals surface area contributed by atoms with Crippen molar-refractivity contribution >= 4 is 5.91 Å². The molecule has 0 spiro atoms. The van der Waals surface area contributed by atoms with Gasteiger partial charge in [0.25, 0.3) is 5.91 Å². The molecule has 1 aromatic heterocycles. The zero-order valence-electron chi connectivity index (χ0n) is 18.0. The maximum atomic E-state index is 13.3. The zero-order valence-corrected chi connectivity index (χ0v) is 18.0. The lowest BCUT2D eigenvalue weighted by molar-refractivity contribution is 0.0180. The molecule has 4 aliphatic heterocycles. The first kappa shape index (κ1) is 19.6. The standard InChI is InChI=1S/C24H27N7O/c32-23(19-8-6-18(7-9-19)12-31-17-25-27-28-31)26-22-20-13-29-10-11-30(14-20)16-24(22,15-29)21-4-2-1-3-5-21/h1-9,17,20,22H,10-16H2,(H,26,32). The molecule has 164 valence electrons. The Bertz CT molecular complexity index is 1070. The third-order valence-electron chi connectivity index (χ3n) is 7.38. The van der Waals surface area contributed by atoms with Crippen LogP contribution in [0, 0.1) is 5.92 Å². The Kier molecular flexibility index (Phi) is 4.77. The highest BCUT2D eigenvalue weighted by Gasteiger charge is 2.55. The molecule has 3 unspecified atom stereocenters. The van der Waals surface area contributed by atoms with E-state index in [0.717, 1.165) is 44.8 Å². The van der Waals surface area contributed by atoms with E-state index in [0.29, 0.717) is 18.0 Å². The van der Waals surface area contributed by atoms with Crippen molar-refractivity contribution in [1.82, 2.24) is 35.3 Å². The third kappa shape index (κ3) is 3.40. The molecule has 3 atom stereocenters. The summed E-state index contributed by atoms with van der Waals surface area (Å²) < 4.78 is 1.67. The van der Waals surface area contributed by atoms with E-state index in [4.69, 9.17) is 0 Å². The lowest BCUT2D eigenvalue weighted by Crippen LogP contribution is -2.70. The third-order valence-corrected chi connectivity index (χ3v) is 7.38. The van der Waals surface area contributed by atoms with Gasteiger partial charge in [0.05, 0.1) is 6.54 Å². The van der Waals surface area contributed by atoms with E-state index < -0.39 is 0 Å². The number of fused-ring (bicyclic) bond motifs is 1. The number of tetrazole rings is 1. The van der Waals surface area contributed by atoms with E-state index in [1.165, 1.54) is 5.56 Å². The molecule has 0 saturated carbocycles. The van der Waals surface area contributed by atoms with Crippen LogP contribution >= 0.6 is 0 Å². The van der Waals surface area contributed by atoms with Crippen LogP contribution in [0.15, 0.2) is 60.9 Å². The number of aromatic nitrogens is 4. The van der Waals surface area contributed by atoms with Gasteiger partial charge < -0.3 is 15.1 Å². The summed E-state index contributed by atoms with van der Waals surface area (Å²) in [7, 11) is 0. The maximum absolute atomic E-state index is 13.3. The summed E-state index contributed by atoms with van der Waals surface area (Å²) in [6.07, 6.45) is 1.59. The Hall–Kier alpha value is -3.10. The first-order valence-electron chi connectivity index (χ1n) is 11.3. The minimum absolute atomic E-state index is 0.00965. The Morgan fingerprint density at radius 2 is 1.72 bits per heavy atom. The molecule has 4 bridgehead atoms. The lowest BCUT2D eigenvalue weighted by Gasteiger charge is -2.55. The second-order valence-corrected chi connectivity index (χ2v) is 9.41. The number of benzene rings is 2. The van der Waals surface area contributed by atoms with Crippen molar-refractivity contribution in [2.75, 3.05) is 39.3 Å². The molecule has 7 rings (SSSR count). The highest BCUT2D eigenvalue weighted by molar-refractivity contribution is 5.94. The van der Waals surface area contributed by atoms with Crippen LogP contribution in [0.5, 0.6) is 0 Å². The molecule has 0 aliphatic carbocycles. The second kappa shape index (κ2) is 7.79. The van der Waals surface area contributed by atoms with Crippen molar-refractivity contribution in [3.05, 3.63) is 77.6 Å². The van der Waals surface area contributed by atoms with E-state index in [2.05, 4.69) is 61.0 Å². The summed E-state index contributed by atoms with van der Waals surface area (Å²) in [4.78, 5) is 18.5. The van der Waals surface area contributed by atoms with Crippen molar-refractivity contribution in [3.8, 4) is 0 Å². The Morgan fingerprint density at radius 1 is 1.00 bits per heavy atom. The molecule has 1 N–H and O–H groups in total. The van der Waals surface area contributed by atoms with Crippen LogP contribution < -0.4 is 5.32 Å². The summed E-state index contributed by atoms with van der Waals surface area (Å²) in [5.41, 5.74) is 3.01. The number of rotatable bonds is 5. The normalized spacial score (nSPS) is 30.8. The molecular weight excluding hydrogens is 402 g/mol. The molecule has 2 aromatic carbocycles. The Labute approximate surface area is 187 Å². The van der Waals surface area contributed by atoms with Crippen molar-refractivity contribution in [1.29, 1.82) is 0 Å². The molecule has 8 nitrogen and oxygen atoms in total. The van der Waals surface area contributed by atoms with Gasteiger partial charge in [0, 0.05) is 62.2 Å². The fourth-order valence-corrected chi connectivity index (χ4v) is 5.99. The van der Waals surface area contributed by atoms with Crippen LogP contribution in [-0.2, 0) is 12.0 Å². The molecule has 4 aliphatic rings. The summed E-state index contributed by atoms with van der Waals surface area (Å²) in [5, 5.41) is 14.7. The van der Waals surface area contributed by atoms with Gasteiger partial charge in [-0.15, -0.1) is 5.10 Å². The Balaban J connectivity index is 1.26. The van der Waals surface area contributed by atoms with Crippen molar-refractivity contribution in [2.45, 2.75) is 18.0 Å². The van der Waals surface area contributed by atoms with Crippen LogP contribution in [0.1, 0.15) is 21.5 Å². The average molecular weight is 430 g/mol. The number of piperidine rings is 2. The molecular formula is C24H27N7O. The number of carbonyl (C=O) groups excluding carboxylic acids is 1. The number of carbonyl (C=O) groups is 1. The summed E-state index contributed by atoms with van der Waals surface area (Å²) in [6, 6.07) is 18.7. The minimum atomic E-state index is -0.0748. The average Bonchev–Trinajstić information content (AvgIpc) is 3.20. The van der Waals surface area contributed by atoms with Gasteiger partial charge in [-0.3, -0.25) is 4.79 Å². The van der Waals surface area contributed by atoms with Gasteiger partial charge in [-0.05, 0) is 33.7 Å². The van der Waals surface area contributed by atoms with Crippen LogP contribution in [0.2, 0.25) is 0 Å². The fraction of sp³-hybridized carbons (Fsp3) is 0.417. The molecule has 5 heterocycles. The first-order valence-corrected chi connectivity index (χ1v) is 11.3. The molecule has 4 saturated heterocycles. The van der Waals surface area contributed by atoms with Crippen LogP contribution in [0.3, 0.4) is 0 Å². The topological polar surface area (TPSA) is 79.2 Å². The largest absolute Gasteiger partial charge is 0.348 e. The highest BCUT2D eigenvalue weighted by atomic mass is 16.1. The molecule has 0 radical (unpaired) electrons. The van der Waals surface area contributed by atoms with Gasteiger partial charge in [-0.2, -0.15) is 0 Å². The molecule has 4 fully saturated rings. The van der Waals surface area contributed by atoms with Gasteiger partial charge in [0.2, 0.25) is 0 Å². The SMILES string of the molecule is O=C(NC1C2CN3CCN(C2)CC1(c1ccccc1)C3)c1ccc(Cn2cnnn2)cc1. The Morgan fingerprint density at radius 3 is 2.38 bits per heavy atom. The van der Waals surface area contributed by atoms with Crippen molar-refractivity contribution < 1.29 is 4.79 Å². The van der Waals surface area contributed by atoms with Gasteiger partial charge in [-0.25, -0.2) is 4.68 Å². The quantitative estimate of drug-likeness (QED) is 0.653. The zero-order chi connectivity index (χ0) is 21.5. The highest BCUT2D eigenvalue weighted by Crippen LogP contribution is 2.43. The van der Waals surface area contributed by atoms with Gasteiger partial charge in [0.1, 0.15) is 6.33 Å². The van der Waals surface area contributed by atoms with Gasteiger partial charge in [-0.1, -0.05) is 42.5 Å². The predicted molar refractivity (Wildman–Crippen MR) is 119 cm³/mol. The first-order chi connectivity index (χ1) is 15.7. The van der Waals surface area contributed by atoms with E-state index in [9.17, 15) is 4.79 Å². The molecule has 1 amide bonds. The number of amides is 1. The summed E-state index contributed by atoms with van der Waals surface area (Å²) in [6.45, 7) is 6.94. The number of nitrogens with one attached hydrogen (secondary N) is 1. The monoisotopic (exact) mass is 429 g/mol. The molecule has 8 heteroatoms. The van der Waals surface area contributed by atoms with Crippen molar-refractivity contribution in [2.24, 2.45) is 5.92 Å². The number of hydrogen-bond donors (Lipinski definition) is 1. The maximum Gasteiger partial charge on any atom is 0.251 e. The minimum Gasteiger partial charge on any atom is -0.348 e. The van der Waals surface area contributed by atoms with Crippen LogP contribution in [0.4, 0.5) is 0 Å². The van der Waals surface area contributed by atoms with Crippen LogP contribution in [0.25, 0.3) is 0 Å².